The van der Waals surface area contributed by atoms with Crippen LogP contribution in [0.3, 0.4) is 0 Å². The topological polar surface area (TPSA) is 119 Å². The molecule has 0 aliphatic heterocycles. The number of ether oxygens (including phenoxy) is 1. The molecule has 1 heterocycles. The summed E-state index contributed by atoms with van der Waals surface area (Å²) in [5.41, 5.74) is 5.87. The van der Waals surface area contributed by atoms with Crippen LogP contribution in [0.4, 0.5) is 0 Å². The molecule has 0 saturated heterocycles. The minimum absolute atomic E-state index is 0.0818. The number of hydroxylamine groups is 2. The average Bonchev–Trinajstić information content (AvgIpc) is 3.06. The molecule has 2 amide bonds. The number of rotatable bonds is 8. The van der Waals surface area contributed by atoms with E-state index in [4.69, 9.17) is 10.5 Å². The molecule has 0 aliphatic rings. The molecule has 2 aromatic rings. The van der Waals surface area contributed by atoms with E-state index in [2.05, 4.69) is 9.68 Å². The molecule has 0 saturated carbocycles. The van der Waals surface area contributed by atoms with Gasteiger partial charge >= 0.3 is 0 Å². The van der Waals surface area contributed by atoms with Crippen LogP contribution in [0.25, 0.3) is 6.08 Å². The van der Waals surface area contributed by atoms with Crippen LogP contribution in [0.1, 0.15) is 22.5 Å². The van der Waals surface area contributed by atoms with Crippen molar-refractivity contribution in [1.82, 2.24) is 10.2 Å². The summed E-state index contributed by atoms with van der Waals surface area (Å²) in [6.45, 7) is 0.260. The molecule has 8 nitrogen and oxygen atoms in total. The lowest BCUT2D eigenvalue weighted by molar-refractivity contribution is -0.159. The van der Waals surface area contributed by atoms with Crippen molar-refractivity contribution in [3.8, 4) is 5.88 Å². The minimum atomic E-state index is -0.741. The van der Waals surface area contributed by atoms with Gasteiger partial charge in [-0.15, -0.1) is 0 Å². The second-order valence-electron chi connectivity index (χ2n) is 4.80. The molecule has 0 atom stereocenters. The van der Waals surface area contributed by atoms with Gasteiger partial charge in [-0.3, -0.25) is 14.8 Å². The smallest absolute Gasteiger partial charge is 0.287 e. The third-order valence-corrected chi connectivity index (χ3v) is 2.97. The zero-order chi connectivity index (χ0) is 17.4. The zero-order valence-electron chi connectivity index (χ0n) is 12.8. The summed E-state index contributed by atoms with van der Waals surface area (Å²) in [4.78, 5) is 22.6. The Morgan fingerprint density at radius 2 is 2.08 bits per heavy atom. The van der Waals surface area contributed by atoms with Gasteiger partial charge in [-0.1, -0.05) is 30.3 Å². The summed E-state index contributed by atoms with van der Waals surface area (Å²) >= 11 is 0. The van der Waals surface area contributed by atoms with Crippen molar-refractivity contribution in [2.45, 2.75) is 6.42 Å². The number of aromatic nitrogens is 1. The summed E-state index contributed by atoms with van der Waals surface area (Å²) < 4.78 is 9.86. The zero-order valence-corrected chi connectivity index (χ0v) is 12.8. The highest BCUT2D eigenvalue weighted by molar-refractivity contribution is 5.91. The normalized spacial score (nSPS) is 10.7. The lowest BCUT2D eigenvalue weighted by Crippen LogP contribution is -2.27. The number of carbonyl (C=O) groups excluding carboxylic acids is 2. The predicted molar refractivity (Wildman–Crippen MR) is 84.1 cm³/mol. The fourth-order valence-electron chi connectivity index (χ4n) is 1.76. The number of hydrogen-bond donors (Lipinski definition) is 2. The number of amides is 2. The van der Waals surface area contributed by atoms with Gasteiger partial charge in [0.25, 0.3) is 17.7 Å². The summed E-state index contributed by atoms with van der Waals surface area (Å²) in [5, 5.41) is 13.7. The van der Waals surface area contributed by atoms with Gasteiger partial charge in [0.15, 0.2) is 0 Å². The van der Waals surface area contributed by atoms with E-state index in [0.29, 0.717) is 11.5 Å². The van der Waals surface area contributed by atoms with Gasteiger partial charge in [0, 0.05) is 12.5 Å². The number of carbonyl (C=O) groups is 2. The van der Waals surface area contributed by atoms with Crippen molar-refractivity contribution in [1.29, 1.82) is 0 Å². The molecule has 0 aliphatic carbocycles. The van der Waals surface area contributed by atoms with Crippen molar-refractivity contribution in [3.63, 3.8) is 0 Å². The molecule has 0 bridgehead atoms. The van der Waals surface area contributed by atoms with Gasteiger partial charge in [0.2, 0.25) is 5.76 Å². The third kappa shape index (κ3) is 5.25. The molecule has 1 aromatic heterocycles. The highest BCUT2D eigenvalue weighted by Crippen LogP contribution is 2.10. The predicted octanol–water partition coefficient (Wildman–Crippen LogP) is 1.47. The third-order valence-electron chi connectivity index (χ3n) is 2.97. The van der Waals surface area contributed by atoms with Crippen molar-refractivity contribution < 1.29 is 24.1 Å². The average molecular weight is 331 g/mol. The van der Waals surface area contributed by atoms with E-state index < -0.39 is 11.8 Å². The second-order valence-corrected chi connectivity index (χ2v) is 4.80. The van der Waals surface area contributed by atoms with Gasteiger partial charge in [0.05, 0.1) is 19.2 Å². The monoisotopic (exact) mass is 331 g/mol. The van der Waals surface area contributed by atoms with Crippen LogP contribution in [0.15, 0.2) is 47.0 Å². The standard InChI is InChI=1S/C16H17N3O5/c17-16(21)13-11-14(18-24-13)23-10-4-9-19(22)15(20)8-7-12-5-2-1-3-6-12/h1-3,5-8,11,22H,4,9-10H2,(H2,17,21)/b8-7+. The quantitative estimate of drug-likeness (QED) is 0.327. The molecule has 0 unspecified atom stereocenters. The highest BCUT2D eigenvalue weighted by atomic mass is 16.5. The lowest BCUT2D eigenvalue weighted by Gasteiger charge is -2.12. The fraction of sp³-hybridized carbons (Fsp3) is 0.188. The largest absolute Gasteiger partial charge is 0.475 e. The minimum Gasteiger partial charge on any atom is -0.475 e. The molecule has 24 heavy (non-hydrogen) atoms. The van der Waals surface area contributed by atoms with Crippen LogP contribution in [0.5, 0.6) is 5.88 Å². The first-order valence-corrected chi connectivity index (χ1v) is 7.19. The van der Waals surface area contributed by atoms with Gasteiger partial charge < -0.3 is 15.0 Å². The van der Waals surface area contributed by atoms with Crippen molar-refractivity contribution in [2.75, 3.05) is 13.2 Å². The van der Waals surface area contributed by atoms with Crippen LogP contribution >= 0.6 is 0 Å². The maximum Gasteiger partial charge on any atom is 0.287 e. The Morgan fingerprint density at radius 3 is 2.75 bits per heavy atom. The molecule has 2 rings (SSSR count). The molecule has 0 radical (unpaired) electrons. The Bertz CT molecular complexity index is 712. The maximum atomic E-state index is 11.7. The van der Waals surface area contributed by atoms with E-state index in [1.165, 1.54) is 12.1 Å². The first kappa shape index (κ1) is 17.2. The van der Waals surface area contributed by atoms with E-state index in [1.54, 1.807) is 6.08 Å². The van der Waals surface area contributed by atoms with E-state index in [1.807, 2.05) is 30.3 Å². The Morgan fingerprint density at radius 1 is 1.33 bits per heavy atom. The van der Waals surface area contributed by atoms with Crippen LogP contribution in [-0.2, 0) is 4.79 Å². The first-order valence-electron chi connectivity index (χ1n) is 7.19. The van der Waals surface area contributed by atoms with Crippen LogP contribution in [0.2, 0.25) is 0 Å². The second kappa shape index (κ2) is 8.49. The maximum absolute atomic E-state index is 11.7. The molecule has 1 aromatic carbocycles. The lowest BCUT2D eigenvalue weighted by atomic mass is 10.2. The summed E-state index contributed by atoms with van der Waals surface area (Å²) in [5.74, 6) is -1.26. The van der Waals surface area contributed by atoms with Gasteiger partial charge in [0.1, 0.15) is 0 Å². The summed E-state index contributed by atoms with van der Waals surface area (Å²) in [7, 11) is 0. The highest BCUT2D eigenvalue weighted by Gasteiger charge is 2.10. The number of primary amides is 1. The van der Waals surface area contributed by atoms with E-state index in [-0.39, 0.29) is 24.8 Å². The van der Waals surface area contributed by atoms with Gasteiger partial charge in [-0.05, 0) is 16.8 Å². The van der Waals surface area contributed by atoms with E-state index in [0.717, 1.165) is 5.56 Å². The Hall–Kier alpha value is -3.13. The van der Waals surface area contributed by atoms with E-state index in [9.17, 15) is 14.8 Å². The van der Waals surface area contributed by atoms with Crippen molar-refractivity contribution >= 4 is 17.9 Å². The molecule has 0 fully saturated rings. The fourth-order valence-corrected chi connectivity index (χ4v) is 1.76. The van der Waals surface area contributed by atoms with Gasteiger partial charge in [-0.2, -0.15) is 0 Å². The van der Waals surface area contributed by atoms with E-state index >= 15 is 0 Å². The molecule has 8 heteroatoms. The molecular formula is C16H17N3O5. The molecular weight excluding hydrogens is 314 g/mol. The SMILES string of the molecule is NC(=O)c1cc(OCCCN(O)C(=O)/C=C/c2ccccc2)no1. The number of nitrogens with zero attached hydrogens (tertiary/aromatic N) is 2. The number of benzene rings is 1. The van der Waals surface area contributed by atoms with Crippen molar-refractivity contribution in [3.05, 3.63) is 53.8 Å². The number of nitrogens with two attached hydrogens (primary N) is 1. The molecule has 3 N–H and O–H groups in total. The Labute approximate surface area is 138 Å². The summed E-state index contributed by atoms with van der Waals surface area (Å²) in [6.07, 6.45) is 3.26. The first-order chi connectivity index (χ1) is 11.6. The van der Waals surface area contributed by atoms with Crippen LogP contribution in [-0.4, -0.2) is 40.4 Å². The van der Waals surface area contributed by atoms with Crippen molar-refractivity contribution in [2.24, 2.45) is 5.73 Å². The van der Waals surface area contributed by atoms with Crippen LogP contribution < -0.4 is 10.5 Å². The Kier molecular flexibility index (Phi) is 6.09. The summed E-state index contributed by atoms with van der Waals surface area (Å²) in [6, 6.07) is 10.5. The molecule has 0 spiro atoms. The van der Waals surface area contributed by atoms with Gasteiger partial charge in [-0.25, -0.2) is 5.06 Å². The number of hydrogen-bond acceptors (Lipinski definition) is 6. The van der Waals surface area contributed by atoms with Crippen LogP contribution in [0, 0.1) is 0 Å². The Balaban J connectivity index is 1.70. The molecule has 126 valence electrons.